The summed E-state index contributed by atoms with van der Waals surface area (Å²) in [7, 11) is 0. The molecule has 0 bridgehead atoms. The average Bonchev–Trinajstić information content (AvgIpc) is 2.27. The maximum absolute atomic E-state index is 11.6. The molecule has 0 aromatic heterocycles. The van der Waals surface area contributed by atoms with Crippen molar-refractivity contribution in [2.24, 2.45) is 5.73 Å². The maximum atomic E-state index is 11.6. The Balaban J connectivity index is 2.40. The van der Waals surface area contributed by atoms with Crippen LogP contribution in [0.2, 0.25) is 0 Å². The number of rotatable bonds is 5. The van der Waals surface area contributed by atoms with E-state index in [1.807, 2.05) is 38.1 Å². The molecule has 4 heteroatoms. The third-order valence-corrected chi connectivity index (χ3v) is 2.48. The van der Waals surface area contributed by atoms with Gasteiger partial charge in [0.1, 0.15) is 12.4 Å². The highest BCUT2D eigenvalue weighted by Crippen LogP contribution is 2.11. The molecule has 0 saturated carbocycles. The topological polar surface area (TPSA) is 64.3 Å². The van der Waals surface area contributed by atoms with Crippen LogP contribution in [0.25, 0.3) is 0 Å². The zero-order chi connectivity index (χ0) is 13.8. The molecule has 18 heavy (non-hydrogen) atoms. The molecule has 0 aliphatic rings. The minimum absolute atomic E-state index is 0.0818. The number of benzene rings is 1. The van der Waals surface area contributed by atoms with E-state index in [1.54, 1.807) is 13.8 Å². The smallest absolute Gasteiger partial charge is 0.239 e. The molecule has 1 atom stereocenters. The van der Waals surface area contributed by atoms with Crippen molar-refractivity contribution in [1.29, 1.82) is 0 Å². The summed E-state index contributed by atoms with van der Waals surface area (Å²) in [6.45, 7) is 7.68. The molecular weight excluding hydrogens is 228 g/mol. The molecule has 1 aromatic rings. The molecular formula is C14H22N2O2. The maximum Gasteiger partial charge on any atom is 0.239 e. The summed E-state index contributed by atoms with van der Waals surface area (Å²) in [6, 6.07) is 7.72. The molecule has 0 fully saturated rings. The van der Waals surface area contributed by atoms with Crippen LogP contribution in [0.3, 0.4) is 0 Å². The van der Waals surface area contributed by atoms with Crippen molar-refractivity contribution in [2.45, 2.75) is 39.3 Å². The van der Waals surface area contributed by atoms with Gasteiger partial charge < -0.3 is 15.8 Å². The van der Waals surface area contributed by atoms with Gasteiger partial charge in [-0.1, -0.05) is 17.7 Å². The van der Waals surface area contributed by atoms with Gasteiger partial charge >= 0.3 is 0 Å². The molecule has 4 nitrogen and oxygen atoms in total. The van der Waals surface area contributed by atoms with Crippen LogP contribution < -0.4 is 15.8 Å². The number of aryl methyl sites for hydroxylation is 1. The molecule has 0 aliphatic heterocycles. The summed E-state index contributed by atoms with van der Waals surface area (Å²) in [5.74, 6) is 0.621. The van der Waals surface area contributed by atoms with Crippen LogP contribution in [0.15, 0.2) is 24.3 Å². The summed E-state index contributed by atoms with van der Waals surface area (Å²) < 4.78 is 5.58. The number of carbonyl (C=O) groups excluding carboxylic acids is 1. The highest BCUT2D eigenvalue weighted by Gasteiger charge is 2.23. The zero-order valence-electron chi connectivity index (χ0n) is 11.5. The number of ether oxygens (including phenoxy) is 1. The SMILES string of the molecule is Cc1ccc(OCC(C)NC(=O)C(C)(C)N)cc1. The van der Waals surface area contributed by atoms with Crippen molar-refractivity contribution in [3.8, 4) is 5.75 Å². The van der Waals surface area contributed by atoms with Crippen LogP contribution in [0.4, 0.5) is 0 Å². The Labute approximate surface area is 109 Å². The van der Waals surface area contributed by atoms with E-state index in [1.165, 1.54) is 5.56 Å². The second kappa shape index (κ2) is 5.87. The highest BCUT2D eigenvalue weighted by atomic mass is 16.5. The number of hydrogen-bond donors (Lipinski definition) is 2. The fourth-order valence-corrected chi connectivity index (χ4v) is 1.31. The Morgan fingerprint density at radius 2 is 1.94 bits per heavy atom. The third-order valence-electron chi connectivity index (χ3n) is 2.48. The van der Waals surface area contributed by atoms with E-state index >= 15 is 0 Å². The number of carbonyl (C=O) groups is 1. The monoisotopic (exact) mass is 250 g/mol. The van der Waals surface area contributed by atoms with Gasteiger partial charge in [-0.05, 0) is 39.8 Å². The van der Waals surface area contributed by atoms with Gasteiger partial charge in [0.25, 0.3) is 0 Å². The van der Waals surface area contributed by atoms with Gasteiger partial charge in [0.05, 0.1) is 11.6 Å². The number of amides is 1. The molecule has 0 heterocycles. The van der Waals surface area contributed by atoms with E-state index in [-0.39, 0.29) is 11.9 Å². The molecule has 0 aliphatic carbocycles. The average molecular weight is 250 g/mol. The van der Waals surface area contributed by atoms with Crippen molar-refractivity contribution < 1.29 is 9.53 Å². The normalized spacial score (nSPS) is 12.9. The Bertz CT molecular complexity index is 393. The van der Waals surface area contributed by atoms with Gasteiger partial charge in [0.2, 0.25) is 5.91 Å². The molecule has 3 N–H and O–H groups in total. The summed E-state index contributed by atoms with van der Waals surface area (Å²) >= 11 is 0. The number of hydrogen-bond acceptors (Lipinski definition) is 3. The first kappa shape index (κ1) is 14.5. The van der Waals surface area contributed by atoms with E-state index in [0.717, 1.165) is 5.75 Å². The van der Waals surface area contributed by atoms with Gasteiger partial charge in [-0.25, -0.2) is 0 Å². The van der Waals surface area contributed by atoms with Gasteiger partial charge in [0.15, 0.2) is 0 Å². The van der Waals surface area contributed by atoms with Crippen molar-refractivity contribution in [3.05, 3.63) is 29.8 Å². The van der Waals surface area contributed by atoms with Crippen LogP contribution >= 0.6 is 0 Å². The van der Waals surface area contributed by atoms with Crippen molar-refractivity contribution >= 4 is 5.91 Å². The highest BCUT2D eigenvalue weighted by molar-refractivity contribution is 5.85. The largest absolute Gasteiger partial charge is 0.491 e. The van der Waals surface area contributed by atoms with Crippen molar-refractivity contribution in [2.75, 3.05) is 6.61 Å². The molecule has 1 unspecified atom stereocenters. The third kappa shape index (κ3) is 4.75. The lowest BCUT2D eigenvalue weighted by Crippen LogP contribution is -2.52. The predicted octanol–water partition coefficient (Wildman–Crippen LogP) is 1.62. The minimum atomic E-state index is -0.863. The van der Waals surface area contributed by atoms with E-state index < -0.39 is 5.54 Å². The van der Waals surface area contributed by atoms with Gasteiger partial charge in [-0.2, -0.15) is 0 Å². The minimum Gasteiger partial charge on any atom is -0.491 e. The lowest BCUT2D eigenvalue weighted by Gasteiger charge is -2.22. The predicted molar refractivity (Wildman–Crippen MR) is 72.5 cm³/mol. The fourth-order valence-electron chi connectivity index (χ4n) is 1.31. The van der Waals surface area contributed by atoms with Crippen LogP contribution in [-0.2, 0) is 4.79 Å². The summed E-state index contributed by atoms with van der Waals surface area (Å²) in [4.78, 5) is 11.6. The summed E-state index contributed by atoms with van der Waals surface area (Å²) in [5, 5.41) is 2.81. The number of nitrogens with two attached hydrogens (primary N) is 1. The second-order valence-corrected chi connectivity index (χ2v) is 5.22. The molecule has 0 saturated heterocycles. The zero-order valence-corrected chi connectivity index (χ0v) is 11.5. The van der Waals surface area contributed by atoms with Gasteiger partial charge in [0, 0.05) is 0 Å². The molecule has 0 radical (unpaired) electrons. The van der Waals surface area contributed by atoms with Gasteiger partial charge in [-0.3, -0.25) is 4.79 Å². The summed E-state index contributed by atoms with van der Waals surface area (Å²) in [6.07, 6.45) is 0. The van der Waals surface area contributed by atoms with Crippen LogP contribution in [0.1, 0.15) is 26.3 Å². The van der Waals surface area contributed by atoms with E-state index in [4.69, 9.17) is 10.5 Å². The molecule has 100 valence electrons. The molecule has 1 rings (SSSR count). The standard InChI is InChI=1S/C14H22N2O2/c1-10-5-7-12(8-6-10)18-9-11(2)16-13(17)14(3,4)15/h5-8,11H,9,15H2,1-4H3,(H,16,17). The molecule has 1 aromatic carbocycles. The summed E-state index contributed by atoms with van der Waals surface area (Å²) in [5.41, 5.74) is 6.02. The Morgan fingerprint density at radius 1 is 1.39 bits per heavy atom. The Morgan fingerprint density at radius 3 is 2.44 bits per heavy atom. The lowest BCUT2D eigenvalue weighted by molar-refractivity contribution is -0.126. The van der Waals surface area contributed by atoms with Crippen LogP contribution in [0, 0.1) is 6.92 Å². The van der Waals surface area contributed by atoms with Crippen LogP contribution in [0.5, 0.6) is 5.75 Å². The fraction of sp³-hybridized carbons (Fsp3) is 0.500. The molecule has 1 amide bonds. The number of nitrogens with one attached hydrogen (secondary N) is 1. The van der Waals surface area contributed by atoms with Crippen molar-refractivity contribution in [1.82, 2.24) is 5.32 Å². The Hall–Kier alpha value is -1.55. The second-order valence-electron chi connectivity index (χ2n) is 5.22. The molecule has 0 spiro atoms. The first-order valence-electron chi connectivity index (χ1n) is 6.08. The Kier molecular flexibility index (Phi) is 4.73. The quantitative estimate of drug-likeness (QED) is 0.834. The van der Waals surface area contributed by atoms with Crippen molar-refractivity contribution in [3.63, 3.8) is 0 Å². The first-order valence-corrected chi connectivity index (χ1v) is 6.08. The van der Waals surface area contributed by atoms with E-state index in [2.05, 4.69) is 5.32 Å². The van der Waals surface area contributed by atoms with Gasteiger partial charge in [-0.15, -0.1) is 0 Å². The van der Waals surface area contributed by atoms with Crippen LogP contribution in [-0.4, -0.2) is 24.1 Å². The van der Waals surface area contributed by atoms with E-state index in [0.29, 0.717) is 6.61 Å². The lowest BCUT2D eigenvalue weighted by atomic mass is 10.1. The first-order chi connectivity index (χ1) is 8.29. The van der Waals surface area contributed by atoms with E-state index in [9.17, 15) is 4.79 Å².